The number of halogens is 2. The van der Waals surface area contributed by atoms with Crippen LogP contribution in [0.2, 0.25) is 0 Å². The molecule has 1 N–H and O–H groups in total. The Morgan fingerprint density at radius 2 is 2.31 bits per heavy atom. The van der Waals surface area contributed by atoms with Crippen molar-refractivity contribution in [1.82, 2.24) is 5.32 Å². The summed E-state index contributed by atoms with van der Waals surface area (Å²) in [4.78, 5) is 0. The Labute approximate surface area is 101 Å². The molecule has 13 heavy (non-hydrogen) atoms. The highest BCUT2D eigenvalue weighted by Gasteiger charge is 2.16. The van der Waals surface area contributed by atoms with E-state index in [1.54, 1.807) is 0 Å². The highest BCUT2D eigenvalue weighted by molar-refractivity contribution is 14.1. The van der Waals surface area contributed by atoms with Gasteiger partial charge in [0.1, 0.15) is 0 Å². The first-order valence-electron chi connectivity index (χ1n) is 4.46. The van der Waals surface area contributed by atoms with Gasteiger partial charge in [0.2, 0.25) is 0 Å². The van der Waals surface area contributed by atoms with Crippen LogP contribution in [-0.4, -0.2) is 6.54 Å². The van der Waals surface area contributed by atoms with Gasteiger partial charge in [-0.25, -0.2) is 0 Å². The first-order valence-corrected chi connectivity index (χ1v) is 6.33. The number of rotatable bonds is 1. The number of hydrogen-bond donors (Lipinski definition) is 1. The summed E-state index contributed by atoms with van der Waals surface area (Å²) < 4.78 is 2.48. The molecule has 0 bridgehead atoms. The zero-order chi connectivity index (χ0) is 9.26. The lowest BCUT2D eigenvalue weighted by molar-refractivity contribution is 0.647. The molecule has 0 aromatic heterocycles. The van der Waals surface area contributed by atoms with Crippen molar-refractivity contribution in [3.63, 3.8) is 0 Å². The van der Waals surface area contributed by atoms with E-state index < -0.39 is 0 Å². The summed E-state index contributed by atoms with van der Waals surface area (Å²) in [7, 11) is 0. The van der Waals surface area contributed by atoms with E-state index in [0.717, 1.165) is 6.54 Å². The largest absolute Gasteiger partial charge is 0.310 e. The standard InChI is InChI=1S/C10H11BrIN/c11-8-6-7(3-4-9(8)12)10-2-1-5-13-10/h3-4,6,10,13H,1-2,5H2/t10-/m0/s1. The van der Waals surface area contributed by atoms with Gasteiger partial charge in [0, 0.05) is 14.1 Å². The van der Waals surface area contributed by atoms with E-state index in [1.807, 2.05) is 0 Å². The first-order chi connectivity index (χ1) is 6.27. The molecule has 3 heteroatoms. The first kappa shape index (κ1) is 9.93. The van der Waals surface area contributed by atoms with E-state index in [2.05, 4.69) is 62.0 Å². The summed E-state index contributed by atoms with van der Waals surface area (Å²) in [5.41, 5.74) is 1.41. The summed E-state index contributed by atoms with van der Waals surface area (Å²) in [6.07, 6.45) is 2.57. The summed E-state index contributed by atoms with van der Waals surface area (Å²) >= 11 is 5.89. The molecule has 0 spiro atoms. The van der Waals surface area contributed by atoms with Gasteiger partial charge in [-0.15, -0.1) is 0 Å². The molecular formula is C10H11BrIN. The maximum atomic E-state index is 3.56. The number of hydrogen-bond acceptors (Lipinski definition) is 1. The number of nitrogens with one attached hydrogen (secondary N) is 1. The van der Waals surface area contributed by atoms with Gasteiger partial charge >= 0.3 is 0 Å². The Morgan fingerprint density at radius 1 is 1.46 bits per heavy atom. The van der Waals surface area contributed by atoms with Crippen molar-refractivity contribution >= 4 is 38.5 Å². The molecule has 1 aliphatic rings. The van der Waals surface area contributed by atoms with Crippen LogP contribution in [0.5, 0.6) is 0 Å². The van der Waals surface area contributed by atoms with Crippen molar-refractivity contribution in [2.45, 2.75) is 18.9 Å². The third-order valence-corrected chi connectivity index (χ3v) is 4.74. The molecule has 0 aliphatic carbocycles. The van der Waals surface area contributed by atoms with Crippen molar-refractivity contribution in [3.8, 4) is 0 Å². The Morgan fingerprint density at radius 3 is 2.92 bits per heavy atom. The molecule has 1 aromatic carbocycles. The van der Waals surface area contributed by atoms with Crippen LogP contribution >= 0.6 is 38.5 Å². The van der Waals surface area contributed by atoms with Crippen molar-refractivity contribution in [1.29, 1.82) is 0 Å². The van der Waals surface area contributed by atoms with Gasteiger partial charge in [0.15, 0.2) is 0 Å². The predicted molar refractivity (Wildman–Crippen MR) is 66.8 cm³/mol. The van der Waals surface area contributed by atoms with Gasteiger partial charge in [0.05, 0.1) is 0 Å². The van der Waals surface area contributed by atoms with Crippen LogP contribution in [0.25, 0.3) is 0 Å². The van der Waals surface area contributed by atoms with E-state index in [-0.39, 0.29) is 0 Å². The van der Waals surface area contributed by atoms with Gasteiger partial charge in [-0.3, -0.25) is 0 Å². The summed E-state index contributed by atoms with van der Waals surface area (Å²) in [6, 6.07) is 7.19. The molecule has 1 heterocycles. The zero-order valence-corrected chi connectivity index (χ0v) is 10.9. The van der Waals surface area contributed by atoms with Crippen molar-refractivity contribution in [2.24, 2.45) is 0 Å². The second kappa shape index (κ2) is 4.28. The summed E-state index contributed by atoms with van der Waals surface area (Å²) in [5, 5.41) is 3.50. The zero-order valence-electron chi connectivity index (χ0n) is 7.19. The lowest BCUT2D eigenvalue weighted by Gasteiger charge is -2.11. The lowest BCUT2D eigenvalue weighted by atomic mass is 10.1. The molecule has 0 saturated carbocycles. The molecule has 0 unspecified atom stereocenters. The topological polar surface area (TPSA) is 12.0 Å². The van der Waals surface area contributed by atoms with E-state index in [9.17, 15) is 0 Å². The fourth-order valence-corrected chi connectivity index (χ4v) is 2.43. The third-order valence-electron chi connectivity index (χ3n) is 2.41. The van der Waals surface area contributed by atoms with Crippen LogP contribution < -0.4 is 5.32 Å². The molecule has 1 nitrogen and oxygen atoms in total. The average molecular weight is 352 g/mol. The maximum Gasteiger partial charge on any atom is 0.0321 e. The van der Waals surface area contributed by atoms with Crippen LogP contribution in [-0.2, 0) is 0 Å². The predicted octanol–water partition coefficient (Wildman–Crippen LogP) is 3.48. The van der Waals surface area contributed by atoms with Crippen LogP contribution in [0.1, 0.15) is 24.4 Å². The molecule has 0 amide bonds. The van der Waals surface area contributed by atoms with Gasteiger partial charge in [-0.2, -0.15) is 0 Å². The monoisotopic (exact) mass is 351 g/mol. The van der Waals surface area contributed by atoms with Crippen LogP contribution in [0, 0.1) is 3.57 Å². The fourth-order valence-electron chi connectivity index (χ4n) is 1.70. The van der Waals surface area contributed by atoms with Gasteiger partial charge in [0.25, 0.3) is 0 Å². The molecule has 0 radical (unpaired) electrons. The Balaban J connectivity index is 2.25. The minimum atomic E-state index is 0.577. The van der Waals surface area contributed by atoms with Crippen LogP contribution in [0.4, 0.5) is 0 Å². The number of benzene rings is 1. The van der Waals surface area contributed by atoms with E-state index in [0.29, 0.717) is 6.04 Å². The van der Waals surface area contributed by atoms with Crippen molar-refractivity contribution < 1.29 is 0 Å². The molecule has 1 aliphatic heterocycles. The Kier molecular flexibility index (Phi) is 3.26. The van der Waals surface area contributed by atoms with E-state index in [4.69, 9.17) is 0 Å². The van der Waals surface area contributed by atoms with E-state index in [1.165, 1.54) is 26.4 Å². The van der Waals surface area contributed by atoms with Crippen molar-refractivity contribution in [3.05, 3.63) is 31.8 Å². The summed E-state index contributed by atoms with van der Waals surface area (Å²) in [6.45, 7) is 1.16. The van der Waals surface area contributed by atoms with Gasteiger partial charge in [-0.1, -0.05) is 6.07 Å². The third kappa shape index (κ3) is 2.25. The Hall–Kier alpha value is 0.390. The molecule has 1 fully saturated rings. The maximum absolute atomic E-state index is 3.56. The Bertz CT molecular complexity index is 308. The smallest absolute Gasteiger partial charge is 0.0321 e. The summed E-state index contributed by atoms with van der Waals surface area (Å²) in [5.74, 6) is 0. The second-order valence-electron chi connectivity index (χ2n) is 3.32. The molecule has 1 aromatic rings. The minimum absolute atomic E-state index is 0.577. The molecule has 2 rings (SSSR count). The normalized spacial score (nSPS) is 22.2. The van der Waals surface area contributed by atoms with Crippen molar-refractivity contribution in [2.75, 3.05) is 6.54 Å². The van der Waals surface area contributed by atoms with Crippen LogP contribution in [0.3, 0.4) is 0 Å². The molecule has 1 saturated heterocycles. The average Bonchev–Trinajstić information content (AvgIpc) is 2.62. The highest BCUT2D eigenvalue weighted by atomic mass is 127. The molecular weight excluding hydrogens is 341 g/mol. The minimum Gasteiger partial charge on any atom is -0.310 e. The highest BCUT2D eigenvalue weighted by Crippen LogP contribution is 2.27. The molecule has 1 atom stereocenters. The SMILES string of the molecule is Brc1cc([C@@H]2CCCN2)ccc1I. The van der Waals surface area contributed by atoms with E-state index >= 15 is 0 Å². The molecule has 70 valence electrons. The fraction of sp³-hybridized carbons (Fsp3) is 0.400. The van der Waals surface area contributed by atoms with Gasteiger partial charge in [-0.05, 0) is 75.6 Å². The lowest BCUT2D eigenvalue weighted by Crippen LogP contribution is -2.12. The van der Waals surface area contributed by atoms with Gasteiger partial charge < -0.3 is 5.32 Å². The van der Waals surface area contributed by atoms with Crippen LogP contribution in [0.15, 0.2) is 22.7 Å². The quantitative estimate of drug-likeness (QED) is 0.764. The second-order valence-corrected chi connectivity index (χ2v) is 5.34.